The van der Waals surface area contributed by atoms with E-state index in [4.69, 9.17) is 4.74 Å². The molecule has 2 aromatic rings. The van der Waals surface area contributed by atoms with Crippen molar-refractivity contribution in [1.82, 2.24) is 14.9 Å². The summed E-state index contributed by atoms with van der Waals surface area (Å²) in [4.78, 5) is 27.4. The molecule has 2 aromatic carbocycles. The maximum Gasteiger partial charge on any atom is 0.410 e. The Hall–Kier alpha value is -2.95. The van der Waals surface area contributed by atoms with Crippen molar-refractivity contribution in [3.05, 3.63) is 65.7 Å². The Labute approximate surface area is 211 Å². The average Bonchev–Trinajstić information content (AvgIpc) is 3.26. The third-order valence-electron chi connectivity index (χ3n) is 6.75. The summed E-state index contributed by atoms with van der Waals surface area (Å²) in [5.74, 6) is -0.422. The van der Waals surface area contributed by atoms with E-state index in [2.05, 4.69) is 10.0 Å². The van der Waals surface area contributed by atoms with Crippen LogP contribution in [-0.4, -0.2) is 61.2 Å². The Morgan fingerprint density at radius 2 is 1.69 bits per heavy atom. The van der Waals surface area contributed by atoms with Crippen LogP contribution in [0.2, 0.25) is 0 Å². The zero-order valence-corrected chi connectivity index (χ0v) is 21.1. The second kappa shape index (κ2) is 11.4. The van der Waals surface area contributed by atoms with Gasteiger partial charge in [0.15, 0.2) is 0 Å². The van der Waals surface area contributed by atoms with Crippen molar-refractivity contribution in [3.8, 4) is 0 Å². The molecule has 3 N–H and O–H groups in total. The molecule has 194 valence electrons. The first-order valence-electron chi connectivity index (χ1n) is 12.3. The van der Waals surface area contributed by atoms with Crippen LogP contribution < -0.4 is 10.0 Å². The van der Waals surface area contributed by atoms with Crippen LogP contribution in [0.4, 0.5) is 4.79 Å². The molecule has 36 heavy (non-hydrogen) atoms. The maximum absolute atomic E-state index is 13.2. The summed E-state index contributed by atoms with van der Waals surface area (Å²) in [7, 11) is -3.76. The number of amides is 2. The Kier molecular flexibility index (Phi) is 8.28. The first-order chi connectivity index (χ1) is 17.2. The van der Waals surface area contributed by atoms with E-state index in [1.807, 2.05) is 37.3 Å². The molecule has 0 aromatic heterocycles. The Bertz CT molecular complexity index is 1160. The molecule has 1 aliphatic heterocycles. The van der Waals surface area contributed by atoms with E-state index in [0.717, 1.165) is 24.0 Å². The largest absolute Gasteiger partial charge is 0.445 e. The minimum Gasteiger partial charge on any atom is -0.445 e. The number of carbonyl (C=O) groups excluding carboxylic acids is 2. The zero-order chi connectivity index (χ0) is 25.7. The fourth-order valence-electron chi connectivity index (χ4n) is 4.77. The molecule has 4 rings (SSSR count). The van der Waals surface area contributed by atoms with Crippen LogP contribution in [0.25, 0.3) is 0 Å². The third kappa shape index (κ3) is 6.43. The molecular formula is C26H33N3O6S. The molecule has 9 nitrogen and oxygen atoms in total. The van der Waals surface area contributed by atoms with E-state index in [0.29, 0.717) is 12.8 Å². The summed E-state index contributed by atoms with van der Waals surface area (Å²) >= 11 is 0. The predicted molar refractivity (Wildman–Crippen MR) is 133 cm³/mol. The summed E-state index contributed by atoms with van der Waals surface area (Å²) in [5.41, 5.74) is 1.78. The summed E-state index contributed by atoms with van der Waals surface area (Å²) < 4.78 is 34.0. The van der Waals surface area contributed by atoms with E-state index >= 15 is 0 Å². The van der Waals surface area contributed by atoms with Crippen molar-refractivity contribution in [3.63, 3.8) is 0 Å². The van der Waals surface area contributed by atoms with Crippen LogP contribution in [0.15, 0.2) is 59.5 Å². The molecule has 2 fully saturated rings. The summed E-state index contributed by atoms with van der Waals surface area (Å²) in [6.07, 6.45) is 1.48. The van der Waals surface area contributed by atoms with Gasteiger partial charge >= 0.3 is 6.09 Å². The van der Waals surface area contributed by atoms with Gasteiger partial charge in [0.1, 0.15) is 12.6 Å². The van der Waals surface area contributed by atoms with Crippen LogP contribution in [-0.2, 0) is 26.2 Å². The van der Waals surface area contributed by atoms with Crippen molar-refractivity contribution in [1.29, 1.82) is 0 Å². The fourth-order valence-corrected chi connectivity index (χ4v) is 6.09. The monoisotopic (exact) mass is 515 g/mol. The van der Waals surface area contributed by atoms with Crippen molar-refractivity contribution in [2.45, 2.75) is 74.8 Å². The molecule has 0 unspecified atom stereocenters. The highest BCUT2D eigenvalue weighted by atomic mass is 32.2. The fraction of sp³-hybridized carbons (Fsp3) is 0.462. The van der Waals surface area contributed by atoms with Gasteiger partial charge in [-0.25, -0.2) is 17.9 Å². The number of nitrogens with zero attached hydrogens (tertiary/aromatic N) is 1. The highest BCUT2D eigenvalue weighted by Crippen LogP contribution is 2.24. The van der Waals surface area contributed by atoms with E-state index in [1.165, 1.54) is 4.90 Å². The SMILES string of the molecule is Cc1ccc(S(=O)(=O)N[C@@H]2CCCC[C@H]2NC(=O)[C@@H]2C[C@@H](O)CN2C(=O)OCc2ccccc2)cc1. The molecule has 2 amide bonds. The van der Waals surface area contributed by atoms with Gasteiger partial charge in [-0.3, -0.25) is 9.69 Å². The van der Waals surface area contributed by atoms with Gasteiger partial charge in [-0.05, 0) is 37.5 Å². The molecule has 0 spiro atoms. The van der Waals surface area contributed by atoms with E-state index < -0.39 is 46.3 Å². The number of hydrogen-bond acceptors (Lipinski definition) is 6. The van der Waals surface area contributed by atoms with Crippen LogP contribution in [0, 0.1) is 6.92 Å². The number of likely N-dealkylation sites (tertiary alicyclic amines) is 1. The number of sulfonamides is 1. The number of rotatable bonds is 7. The second-order valence-electron chi connectivity index (χ2n) is 9.54. The lowest BCUT2D eigenvalue weighted by molar-refractivity contribution is -0.126. The number of hydrogen-bond donors (Lipinski definition) is 3. The minimum atomic E-state index is -3.76. The van der Waals surface area contributed by atoms with Gasteiger partial charge < -0.3 is 15.2 Å². The second-order valence-corrected chi connectivity index (χ2v) is 11.3. The highest BCUT2D eigenvalue weighted by Gasteiger charge is 2.41. The lowest BCUT2D eigenvalue weighted by Gasteiger charge is -2.34. The van der Waals surface area contributed by atoms with E-state index in [9.17, 15) is 23.1 Å². The first-order valence-corrected chi connectivity index (χ1v) is 13.8. The number of aliphatic hydroxyl groups is 1. The molecule has 1 heterocycles. The van der Waals surface area contributed by atoms with Crippen LogP contribution in [0.1, 0.15) is 43.2 Å². The predicted octanol–water partition coefficient (Wildman–Crippen LogP) is 2.47. The molecule has 4 atom stereocenters. The minimum absolute atomic E-state index is 0.000141. The molecule has 1 saturated carbocycles. The smallest absolute Gasteiger partial charge is 0.410 e. The summed E-state index contributed by atoms with van der Waals surface area (Å²) in [6, 6.07) is 14.0. The Balaban J connectivity index is 1.40. The number of β-amino-alcohol motifs (C(OH)–C–C–N with tert-alkyl or cyclic N) is 1. The Morgan fingerprint density at radius 1 is 1.03 bits per heavy atom. The highest BCUT2D eigenvalue weighted by molar-refractivity contribution is 7.89. The van der Waals surface area contributed by atoms with Gasteiger partial charge in [-0.2, -0.15) is 0 Å². The topological polar surface area (TPSA) is 125 Å². The molecule has 1 aliphatic carbocycles. The first kappa shape index (κ1) is 26.1. The van der Waals surface area contributed by atoms with Gasteiger partial charge in [0.2, 0.25) is 15.9 Å². The van der Waals surface area contributed by atoms with Gasteiger partial charge in [0.25, 0.3) is 0 Å². The van der Waals surface area contributed by atoms with Crippen LogP contribution in [0.3, 0.4) is 0 Å². The van der Waals surface area contributed by atoms with Crippen molar-refractivity contribution < 1.29 is 27.9 Å². The summed E-state index contributed by atoms with van der Waals surface area (Å²) in [6.45, 7) is 1.95. The van der Waals surface area contributed by atoms with Gasteiger partial charge in [-0.1, -0.05) is 60.9 Å². The van der Waals surface area contributed by atoms with Crippen molar-refractivity contribution in [2.24, 2.45) is 0 Å². The standard InChI is InChI=1S/C26H33N3O6S/c1-18-11-13-21(14-12-18)36(33,34)28-23-10-6-5-9-22(23)27-25(31)24-15-20(30)16-29(24)26(32)35-17-19-7-3-2-4-8-19/h2-4,7-8,11-14,20,22-24,28,30H,5-6,9-10,15-17H2,1H3,(H,27,31)/t20-,22-,23-,24+/m1/s1. The number of benzene rings is 2. The molecule has 0 radical (unpaired) electrons. The molecule has 1 saturated heterocycles. The quantitative estimate of drug-likeness (QED) is 0.520. The van der Waals surface area contributed by atoms with Gasteiger partial charge in [0.05, 0.1) is 17.5 Å². The lowest BCUT2D eigenvalue weighted by Crippen LogP contribution is -2.56. The van der Waals surface area contributed by atoms with Gasteiger partial charge in [-0.15, -0.1) is 0 Å². The number of carbonyl (C=O) groups is 2. The van der Waals surface area contributed by atoms with Crippen LogP contribution in [0.5, 0.6) is 0 Å². The lowest BCUT2D eigenvalue weighted by atomic mass is 9.90. The van der Waals surface area contributed by atoms with Crippen molar-refractivity contribution in [2.75, 3.05) is 6.54 Å². The number of aryl methyl sites for hydroxylation is 1. The number of aliphatic hydroxyl groups excluding tert-OH is 1. The summed E-state index contributed by atoms with van der Waals surface area (Å²) in [5, 5.41) is 13.1. The van der Waals surface area contributed by atoms with E-state index in [1.54, 1.807) is 24.3 Å². The Morgan fingerprint density at radius 3 is 2.39 bits per heavy atom. The van der Waals surface area contributed by atoms with E-state index in [-0.39, 0.29) is 24.5 Å². The normalized spacial score (nSPS) is 24.3. The average molecular weight is 516 g/mol. The van der Waals surface area contributed by atoms with Crippen LogP contribution >= 0.6 is 0 Å². The number of ether oxygens (including phenoxy) is 1. The molecule has 10 heteroatoms. The molecular weight excluding hydrogens is 482 g/mol. The molecule has 0 bridgehead atoms. The third-order valence-corrected chi connectivity index (χ3v) is 8.26. The maximum atomic E-state index is 13.2. The zero-order valence-electron chi connectivity index (χ0n) is 20.3. The van der Waals surface area contributed by atoms with Crippen molar-refractivity contribution >= 4 is 22.0 Å². The van der Waals surface area contributed by atoms with Gasteiger partial charge in [0, 0.05) is 18.5 Å². The number of nitrogens with one attached hydrogen (secondary N) is 2. The molecule has 2 aliphatic rings.